The zero-order valence-corrected chi connectivity index (χ0v) is 18.1. The number of aromatic nitrogens is 2. The Morgan fingerprint density at radius 2 is 2.00 bits per heavy atom. The van der Waals surface area contributed by atoms with E-state index in [0.29, 0.717) is 0 Å². The second-order valence-corrected chi connectivity index (χ2v) is 8.31. The fraction of sp³-hybridized carbons (Fsp3) is 0.652. The Hall–Kier alpha value is -2.08. The van der Waals surface area contributed by atoms with E-state index in [1.165, 1.54) is 37.6 Å². The molecule has 1 fully saturated rings. The average Bonchev–Trinajstić information content (AvgIpc) is 3.05. The number of aryl methyl sites for hydroxylation is 2. The predicted molar refractivity (Wildman–Crippen MR) is 120 cm³/mol. The molecule has 0 radical (unpaired) electrons. The zero-order valence-electron chi connectivity index (χ0n) is 18.1. The SMILES string of the molecule is CCNC(=NCC1(CCO)CCCCC1)NCCCn1c(C)nc2ccccc21. The van der Waals surface area contributed by atoms with Crippen molar-refractivity contribution in [3.8, 4) is 0 Å². The minimum absolute atomic E-state index is 0.183. The topological polar surface area (TPSA) is 74.5 Å². The summed E-state index contributed by atoms with van der Waals surface area (Å²) in [7, 11) is 0. The van der Waals surface area contributed by atoms with Crippen molar-refractivity contribution in [2.24, 2.45) is 10.4 Å². The quantitative estimate of drug-likeness (QED) is 0.342. The largest absolute Gasteiger partial charge is 0.396 e. The summed E-state index contributed by atoms with van der Waals surface area (Å²) in [6.07, 6.45) is 8.08. The Morgan fingerprint density at radius 3 is 2.76 bits per heavy atom. The number of nitrogens with zero attached hydrogens (tertiary/aromatic N) is 3. The van der Waals surface area contributed by atoms with Crippen LogP contribution >= 0.6 is 0 Å². The molecule has 0 spiro atoms. The van der Waals surface area contributed by atoms with E-state index in [0.717, 1.165) is 56.3 Å². The fourth-order valence-corrected chi connectivity index (χ4v) is 4.54. The number of fused-ring (bicyclic) bond motifs is 1. The third-order valence-corrected chi connectivity index (χ3v) is 6.17. The number of nitrogens with one attached hydrogen (secondary N) is 2. The zero-order chi connectivity index (χ0) is 20.5. The molecule has 1 aliphatic rings. The van der Waals surface area contributed by atoms with Gasteiger partial charge in [-0.15, -0.1) is 0 Å². The van der Waals surface area contributed by atoms with E-state index in [2.05, 4.69) is 52.2 Å². The minimum atomic E-state index is 0.183. The molecule has 1 aliphatic carbocycles. The van der Waals surface area contributed by atoms with Gasteiger partial charge in [-0.05, 0) is 57.1 Å². The molecule has 0 bridgehead atoms. The molecule has 3 N–H and O–H groups in total. The van der Waals surface area contributed by atoms with Crippen LogP contribution in [0.4, 0.5) is 0 Å². The van der Waals surface area contributed by atoms with Crippen LogP contribution in [0.5, 0.6) is 0 Å². The summed E-state index contributed by atoms with van der Waals surface area (Å²) in [5.41, 5.74) is 2.45. The third kappa shape index (κ3) is 5.72. The van der Waals surface area contributed by atoms with Gasteiger partial charge in [0.25, 0.3) is 0 Å². The van der Waals surface area contributed by atoms with Gasteiger partial charge >= 0.3 is 0 Å². The van der Waals surface area contributed by atoms with Crippen molar-refractivity contribution in [2.75, 3.05) is 26.2 Å². The van der Waals surface area contributed by atoms with Gasteiger partial charge in [-0.3, -0.25) is 4.99 Å². The molecule has 6 nitrogen and oxygen atoms in total. The van der Waals surface area contributed by atoms with Crippen LogP contribution in [0.15, 0.2) is 29.3 Å². The molecule has 0 atom stereocenters. The Kier molecular flexibility index (Phi) is 7.92. The molecular formula is C23H37N5O. The van der Waals surface area contributed by atoms with Gasteiger partial charge in [0.05, 0.1) is 11.0 Å². The number of para-hydroxylation sites is 2. The second-order valence-electron chi connectivity index (χ2n) is 8.31. The Labute approximate surface area is 174 Å². The predicted octanol–water partition coefficient (Wildman–Crippen LogP) is 3.62. The molecule has 1 heterocycles. The van der Waals surface area contributed by atoms with E-state index in [9.17, 15) is 5.11 Å². The molecule has 3 rings (SSSR count). The Balaban J connectivity index is 1.54. The highest BCUT2D eigenvalue weighted by Crippen LogP contribution is 2.39. The van der Waals surface area contributed by atoms with E-state index < -0.39 is 0 Å². The molecule has 0 unspecified atom stereocenters. The molecule has 2 aromatic rings. The first-order valence-electron chi connectivity index (χ1n) is 11.2. The highest BCUT2D eigenvalue weighted by Gasteiger charge is 2.31. The number of imidazole rings is 1. The summed E-state index contributed by atoms with van der Waals surface area (Å²) in [4.78, 5) is 9.54. The van der Waals surface area contributed by atoms with E-state index in [4.69, 9.17) is 4.99 Å². The van der Waals surface area contributed by atoms with Gasteiger partial charge in [0.1, 0.15) is 5.82 Å². The molecule has 1 aromatic heterocycles. The lowest BCUT2D eigenvalue weighted by molar-refractivity contribution is 0.137. The van der Waals surface area contributed by atoms with Crippen LogP contribution in [0.1, 0.15) is 57.7 Å². The lowest BCUT2D eigenvalue weighted by atomic mass is 9.72. The van der Waals surface area contributed by atoms with Crippen LogP contribution in [0.3, 0.4) is 0 Å². The van der Waals surface area contributed by atoms with Gasteiger partial charge in [-0.25, -0.2) is 4.98 Å². The fourth-order valence-electron chi connectivity index (χ4n) is 4.54. The van der Waals surface area contributed by atoms with Crippen molar-refractivity contribution in [3.63, 3.8) is 0 Å². The monoisotopic (exact) mass is 399 g/mol. The number of aliphatic imine (C=N–C) groups is 1. The van der Waals surface area contributed by atoms with E-state index in [-0.39, 0.29) is 12.0 Å². The Morgan fingerprint density at radius 1 is 1.21 bits per heavy atom. The molecule has 1 aromatic carbocycles. The van der Waals surface area contributed by atoms with Gasteiger partial charge in [0.2, 0.25) is 0 Å². The van der Waals surface area contributed by atoms with Crippen LogP contribution in [0.25, 0.3) is 11.0 Å². The lowest BCUT2D eigenvalue weighted by Crippen LogP contribution is -2.39. The summed E-state index contributed by atoms with van der Waals surface area (Å²) >= 11 is 0. The number of guanidine groups is 1. The summed E-state index contributed by atoms with van der Waals surface area (Å²) in [5, 5.41) is 16.4. The second kappa shape index (κ2) is 10.6. The molecule has 0 aliphatic heterocycles. The smallest absolute Gasteiger partial charge is 0.191 e. The molecule has 1 saturated carbocycles. The normalized spacial score (nSPS) is 16.9. The third-order valence-electron chi connectivity index (χ3n) is 6.17. The highest BCUT2D eigenvalue weighted by atomic mass is 16.3. The first-order chi connectivity index (χ1) is 14.2. The van der Waals surface area contributed by atoms with Crippen LogP contribution in [-0.4, -0.2) is 46.9 Å². The molecular weight excluding hydrogens is 362 g/mol. The van der Waals surface area contributed by atoms with E-state index in [1.54, 1.807) is 0 Å². The van der Waals surface area contributed by atoms with Crippen LogP contribution in [0.2, 0.25) is 0 Å². The van der Waals surface area contributed by atoms with Crippen molar-refractivity contribution in [3.05, 3.63) is 30.1 Å². The van der Waals surface area contributed by atoms with Crippen molar-refractivity contribution < 1.29 is 5.11 Å². The molecule has 6 heteroatoms. The van der Waals surface area contributed by atoms with Crippen molar-refractivity contribution in [1.82, 2.24) is 20.2 Å². The maximum atomic E-state index is 9.53. The standard InChI is InChI=1S/C23H37N5O/c1-3-24-22(26-18-23(14-17-29)12-7-4-8-13-23)25-15-9-16-28-19(2)27-20-10-5-6-11-21(20)28/h5-6,10-11,29H,3-4,7-9,12-18H2,1-2H3,(H2,24,25,26). The summed E-state index contributed by atoms with van der Waals surface area (Å²) in [6.45, 7) is 7.89. The van der Waals surface area contributed by atoms with Gasteiger partial charge in [0, 0.05) is 32.8 Å². The summed E-state index contributed by atoms with van der Waals surface area (Å²) in [6, 6.07) is 8.32. The van der Waals surface area contributed by atoms with Crippen molar-refractivity contribution >= 4 is 17.0 Å². The first-order valence-corrected chi connectivity index (χ1v) is 11.2. The first kappa shape index (κ1) is 21.6. The van der Waals surface area contributed by atoms with Gasteiger partial charge in [-0.2, -0.15) is 0 Å². The van der Waals surface area contributed by atoms with Gasteiger partial charge in [0.15, 0.2) is 5.96 Å². The number of aliphatic hydroxyl groups is 1. The lowest BCUT2D eigenvalue weighted by Gasteiger charge is -2.35. The molecule has 0 amide bonds. The number of benzene rings is 1. The van der Waals surface area contributed by atoms with Crippen molar-refractivity contribution in [1.29, 1.82) is 0 Å². The van der Waals surface area contributed by atoms with Gasteiger partial charge < -0.3 is 20.3 Å². The minimum Gasteiger partial charge on any atom is -0.396 e. The van der Waals surface area contributed by atoms with E-state index in [1.807, 2.05) is 6.07 Å². The number of hydrogen-bond donors (Lipinski definition) is 3. The summed E-state index contributed by atoms with van der Waals surface area (Å²) < 4.78 is 2.29. The Bertz CT molecular complexity index is 786. The van der Waals surface area contributed by atoms with E-state index >= 15 is 0 Å². The number of hydrogen-bond acceptors (Lipinski definition) is 3. The molecule has 160 valence electrons. The average molecular weight is 400 g/mol. The van der Waals surface area contributed by atoms with Crippen LogP contribution in [-0.2, 0) is 6.54 Å². The van der Waals surface area contributed by atoms with Gasteiger partial charge in [-0.1, -0.05) is 31.4 Å². The van der Waals surface area contributed by atoms with Crippen molar-refractivity contribution in [2.45, 2.75) is 65.3 Å². The summed E-state index contributed by atoms with van der Waals surface area (Å²) in [5.74, 6) is 1.96. The molecule has 0 saturated heterocycles. The molecule has 29 heavy (non-hydrogen) atoms. The highest BCUT2D eigenvalue weighted by molar-refractivity contribution is 5.79. The maximum Gasteiger partial charge on any atom is 0.191 e. The van der Waals surface area contributed by atoms with Crippen LogP contribution in [0, 0.1) is 12.3 Å². The maximum absolute atomic E-state index is 9.53. The number of aliphatic hydroxyl groups excluding tert-OH is 1. The number of rotatable bonds is 9. The van der Waals surface area contributed by atoms with Crippen LogP contribution < -0.4 is 10.6 Å².